The maximum Gasteiger partial charge on any atom is 0.338 e. The van der Waals surface area contributed by atoms with E-state index in [0.717, 1.165) is 25.7 Å². The number of carbonyl (C=O) groups is 2. The van der Waals surface area contributed by atoms with Gasteiger partial charge in [0.15, 0.2) is 0 Å². The number of nitro benzene ring substituents is 1. The fraction of sp³-hybridized carbons (Fsp3) is 0.500. The Morgan fingerprint density at radius 1 is 1.32 bits per heavy atom. The van der Waals surface area contributed by atoms with Crippen LogP contribution in [0.2, 0.25) is 0 Å². The van der Waals surface area contributed by atoms with E-state index in [0.29, 0.717) is 11.6 Å². The van der Waals surface area contributed by atoms with E-state index in [4.69, 9.17) is 4.74 Å². The summed E-state index contributed by atoms with van der Waals surface area (Å²) in [6.45, 7) is 3.79. The maximum absolute atomic E-state index is 13.1. The molecule has 1 aromatic rings. The molecule has 28 heavy (non-hydrogen) atoms. The van der Waals surface area contributed by atoms with E-state index in [-0.39, 0.29) is 22.9 Å². The summed E-state index contributed by atoms with van der Waals surface area (Å²) in [5.74, 6) is -0.0482. The van der Waals surface area contributed by atoms with Gasteiger partial charge in [-0.25, -0.2) is 9.59 Å². The van der Waals surface area contributed by atoms with Gasteiger partial charge in [-0.3, -0.25) is 10.1 Å². The lowest BCUT2D eigenvalue weighted by Crippen LogP contribution is -2.46. The second-order valence-electron chi connectivity index (χ2n) is 7.56. The minimum Gasteiger partial charge on any atom is -0.459 e. The number of nitrogens with zero attached hydrogens (tertiary/aromatic N) is 2. The van der Waals surface area contributed by atoms with Crippen LogP contribution in [-0.4, -0.2) is 35.0 Å². The van der Waals surface area contributed by atoms with Crippen molar-refractivity contribution in [2.75, 3.05) is 7.05 Å². The monoisotopic (exact) mass is 387 g/mol. The summed E-state index contributed by atoms with van der Waals surface area (Å²) in [6.07, 6.45) is 3.55. The van der Waals surface area contributed by atoms with E-state index >= 15 is 0 Å². The van der Waals surface area contributed by atoms with Gasteiger partial charge in [-0.2, -0.15) is 0 Å². The first kappa shape index (κ1) is 19.9. The Bertz CT molecular complexity index is 835. The molecule has 8 heteroatoms. The number of amides is 2. The van der Waals surface area contributed by atoms with Crippen LogP contribution >= 0.6 is 0 Å². The second kappa shape index (κ2) is 8.00. The van der Waals surface area contributed by atoms with Crippen molar-refractivity contribution >= 4 is 17.7 Å². The summed E-state index contributed by atoms with van der Waals surface area (Å²) in [7, 11) is 1.55. The summed E-state index contributed by atoms with van der Waals surface area (Å²) in [5.41, 5.74) is 0.773. The minimum atomic E-state index is -0.932. The summed E-state index contributed by atoms with van der Waals surface area (Å²) >= 11 is 0. The molecule has 0 radical (unpaired) electrons. The molecule has 0 bridgehead atoms. The molecule has 1 fully saturated rings. The molecule has 150 valence electrons. The summed E-state index contributed by atoms with van der Waals surface area (Å²) < 4.78 is 5.76. The van der Waals surface area contributed by atoms with E-state index in [9.17, 15) is 19.7 Å². The topological polar surface area (TPSA) is 102 Å². The first-order valence-corrected chi connectivity index (χ1v) is 9.48. The highest BCUT2D eigenvalue weighted by Gasteiger charge is 2.39. The molecular formula is C20H25N3O5. The first-order chi connectivity index (χ1) is 13.3. The summed E-state index contributed by atoms with van der Waals surface area (Å²) in [6, 6.07) is 4.75. The highest BCUT2D eigenvalue weighted by molar-refractivity contribution is 5.95. The number of hydrogen-bond acceptors (Lipinski definition) is 5. The lowest BCUT2D eigenvalue weighted by Gasteiger charge is -2.34. The SMILES string of the molecule is CC1=C(C(=O)O[C@@H]2CCC[C@H](C)C2)[C@H](c2ccccc2[N+](=O)[O-])NC(=O)N1C. The van der Waals surface area contributed by atoms with Crippen LogP contribution in [-0.2, 0) is 9.53 Å². The van der Waals surface area contributed by atoms with Gasteiger partial charge in [0.25, 0.3) is 5.69 Å². The van der Waals surface area contributed by atoms with Crippen molar-refractivity contribution < 1.29 is 19.2 Å². The Labute approximate surface area is 163 Å². The van der Waals surface area contributed by atoms with Crippen molar-refractivity contribution in [1.29, 1.82) is 0 Å². The average Bonchev–Trinajstić information content (AvgIpc) is 2.65. The fourth-order valence-corrected chi connectivity index (χ4v) is 3.93. The summed E-state index contributed by atoms with van der Waals surface area (Å²) in [5, 5.41) is 14.2. The van der Waals surface area contributed by atoms with E-state index in [1.165, 1.54) is 11.0 Å². The maximum atomic E-state index is 13.1. The normalized spacial score (nSPS) is 25.3. The third kappa shape index (κ3) is 3.85. The zero-order chi connectivity index (χ0) is 20.4. The van der Waals surface area contributed by atoms with Gasteiger partial charge in [-0.05, 0) is 38.2 Å². The van der Waals surface area contributed by atoms with Crippen LogP contribution in [0.1, 0.15) is 51.1 Å². The molecule has 1 N–H and O–H groups in total. The number of para-hydroxylation sites is 1. The molecule has 3 atom stereocenters. The van der Waals surface area contributed by atoms with Crippen molar-refractivity contribution in [1.82, 2.24) is 10.2 Å². The molecule has 2 aliphatic rings. The predicted octanol–water partition coefficient (Wildman–Crippen LogP) is 3.69. The van der Waals surface area contributed by atoms with Gasteiger partial charge in [0, 0.05) is 18.8 Å². The molecule has 3 rings (SSSR count). The molecule has 1 aliphatic carbocycles. The third-order valence-corrected chi connectivity index (χ3v) is 5.58. The number of nitrogens with one attached hydrogen (secondary N) is 1. The van der Waals surface area contributed by atoms with E-state index in [1.807, 2.05) is 0 Å². The van der Waals surface area contributed by atoms with Gasteiger partial charge < -0.3 is 15.0 Å². The van der Waals surface area contributed by atoms with Gasteiger partial charge in [-0.1, -0.05) is 25.5 Å². The second-order valence-corrected chi connectivity index (χ2v) is 7.56. The molecule has 0 spiro atoms. The number of carbonyl (C=O) groups excluding carboxylic acids is 2. The number of rotatable bonds is 4. The van der Waals surface area contributed by atoms with Crippen LogP contribution in [0.5, 0.6) is 0 Å². The van der Waals surface area contributed by atoms with Crippen LogP contribution in [0.25, 0.3) is 0 Å². The fourth-order valence-electron chi connectivity index (χ4n) is 3.93. The van der Waals surface area contributed by atoms with Crippen molar-refractivity contribution in [2.24, 2.45) is 5.92 Å². The molecular weight excluding hydrogens is 362 g/mol. The number of urea groups is 1. The summed E-state index contributed by atoms with van der Waals surface area (Å²) in [4.78, 5) is 37.7. The zero-order valence-electron chi connectivity index (χ0n) is 16.3. The van der Waals surface area contributed by atoms with Crippen molar-refractivity contribution in [3.63, 3.8) is 0 Å². The molecule has 8 nitrogen and oxygen atoms in total. The van der Waals surface area contributed by atoms with Gasteiger partial charge >= 0.3 is 12.0 Å². The Balaban J connectivity index is 1.98. The molecule has 1 aliphatic heterocycles. The number of esters is 1. The molecule has 0 unspecified atom stereocenters. The van der Waals surface area contributed by atoms with E-state index in [1.54, 1.807) is 32.2 Å². The van der Waals surface area contributed by atoms with Crippen LogP contribution in [0.4, 0.5) is 10.5 Å². The first-order valence-electron chi connectivity index (χ1n) is 9.48. The minimum absolute atomic E-state index is 0.151. The van der Waals surface area contributed by atoms with Crippen molar-refractivity contribution in [3.8, 4) is 0 Å². The van der Waals surface area contributed by atoms with E-state index in [2.05, 4.69) is 12.2 Å². The van der Waals surface area contributed by atoms with Crippen molar-refractivity contribution in [3.05, 3.63) is 51.2 Å². The Morgan fingerprint density at radius 2 is 2.04 bits per heavy atom. The zero-order valence-corrected chi connectivity index (χ0v) is 16.3. The largest absolute Gasteiger partial charge is 0.459 e. The highest BCUT2D eigenvalue weighted by Crippen LogP contribution is 2.36. The smallest absolute Gasteiger partial charge is 0.338 e. The van der Waals surface area contributed by atoms with Crippen LogP contribution in [0, 0.1) is 16.0 Å². The molecule has 2 amide bonds. The third-order valence-electron chi connectivity index (χ3n) is 5.58. The van der Waals surface area contributed by atoms with Crippen LogP contribution in [0.3, 0.4) is 0 Å². The Hall–Kier alpha value is -2.90. The molecule has 1 saturated carbocycles. The van der Waals surface area contributed by atoms with Crippen molar-refractivity contribution in [2.45, 2.75) is 51.7 Å². The number of ether oxygens (including phenoxy) is 1. The lowest BCUT2D eigenvalue weighted by atomic mass is 9.88. The lowest BCUT2D eigenvalue weighted by molar-refractivity contribution is -0.385. The molecule has 1 aromatic carbocycles. The van der Waals surface area contributed by atoms with Crippen LogP contribution in [0.15, 0.2) is 35.5 Å². The van der Waals surface area contributed by atoms with E-state index < -0.39 is 23.0 Å². The number of benzene rings is 1. The predicted molar refractivity (Wildman–Crippen MR) is 102 cm³/mol. The standard InChI is InChI=1S/C20H25N3O5/c1-12-7-6-8-14(11-12)28-19(24)17-13(2)22(3)20(25)21-18(17)15-9-4-5-10-16(15)23(26)27/h4-5,9-10,12,14,18H,6-8,11H2,1-3H3,(H,21,25)/t12-,14+,18-/m0/s1. The Kier molecular flexibility index (Phi) is 5.67. The molecule has 0 saturated heterocycles. The number of nitro groups is 1. The van der Waals surface area contributed by atoms with Gasteiger partial charge in [0.2, 0.25) is 0 Å². The van der Waals surface area contributed by atoms with Gasteiger partial charge in [0.05, 0.1) is 22.1 Å². The Morgan fingerprint density at radius 3 is 2.71 bits per heavy atom. The number of allylic oxidation sites excluding steroid dienone is 1. The molecule has 0 aromatic heterocycles. The van der Waals surface area contributed by atoms with Gasteiger partial charge in [-0.15, -0.1) is 0 Å². The number of hydrogen-bond donors (Lipinski definition) is 1. The van der Waals surface area contributed by atoms with Gasteiger partial charge in [0.1, 0.15) is 6.10 Å². The quantitative estimate of drug-likeness (QED) is 0.482. The average molecular weight is 387 g/mol. The molecule has 1 heterocycles. The van der Waals surface area contributed by atoms with Crippen LogP contribution < -0.4 is 5.32 Å². The highest BCUT2D eigenvalue weighted by atomic mass is 16.6.